The number of nitrogens with one attached hydrogen (secondary N) is 1. The Kier molecular flexibility index (Phi) is 4.26. The number of amides is 2. The topological polar surface area (TPSA) is 67.2 Å². The van der Waals surface area contributed by atoms with Crippen LogP contribution in [0, 0.1) is 5.41 Å². The fourth-order valence-electron chi connectivity index (χ4n) is 3.74. The highest BCUT2D eigenvalue weighted by atomic mass is 16.2. The maximum Gasteiger partial charge on any atom is 0.269 e. The number of piperidine rings is 1. The first-order valence-electron chi connectivity index (χ1n) is 9.21. The summed E-state index contributed by atoms with van der Waals surface area (Å²) in [6, 6.07) is 9.73. The molecule has 2 aliphatic rings. The van der Waals surface area contributed by atoms with E-state index in [0.29, 0.717) is 11.1 Å². The third-order valence-electron chi connectivity index (χ3n) is 5.79. The van der Waals surface area contributed by atoms with Gasteiger partial charge in [-0.05, 0) is 31.1 Å². The summed E-state index contributed by atoms with van der Waals surface area (Å²) in [7, 11) is 1.81. The quantitative estimate of drug-likeness (QED) is 0.917. The zero-order valence-electron chi connectivity index (χ0n) is 15.1. The summed E-state index contributed by atoms with van der Waals surface area (Å²) in [5, 5.41) is 2.75. The van der Waals surface area contributed by atoms with E-state index in [9.17, 15) is 9.59 Å². The Morgan fingerprint density at radius 2 is 1.81 bits per heavy atom. The Morgan fingerprint density at radius 1 is 1.12 bits per heavy atom. The Bertz CT molecular complexity index is 814. The zero-order valence-corrected chi connectivity index (χ0v) is 15.1. The van der Waals surface area contributed by atoms with Crippen molar-refractivity contribution in [2.75, 3.05) is 19.6 Å². The predicted molar refractivity (Wildman–Crippen MR) is 98.5 cm³/mol. The lowest BCUT2D eigenvalue weighted by Crippen LogP contribution is -2.44. The minimum atomic E-state index is -0.272. The molecule has 2 fully saturated rings. The van der Waals surface area contributed by atoms with E-state index in [-0.39, 0.29) is 18.4 Å². The number of nitrogens with zero attached hydrogens (tertiary/aromatic N) is 3. The van der Waals surface area contributed by atoms with Gasteiger partial charge in [0.25, 0.3) is 5.91 Å². The van der Waals surface area contributed by atoms with Crippen LogP contribution in [0.5, 0.6) is 0 Å². The molecule has 2 aromatic rings. The highest BCUT2D eigenvalue weighted by Gasteiger charge is 2.44. The van der Waals surface area contributed by atoms with E-state index in [1.165, 1.54) is 12.8 Å². The number of benzene rings is 1. The molecule has 0 unspecified atom stereocenters. The minimum Gasteiger partial charge on any atom is -0.342 e. The Labute approximate surface area is 153 Å². The average Bonchev–Trinajstić information content (AvgIpc) is 3.31. The van der Waals surface area contributed by atoms with Gasteiger partial charge >= 0.3 is 0 Å². The van der Waals surface area contributed by atoms with Crippen molar-refractivity contribution in [3.05, 3.63) is 42.2 Å². The highest BCUT2D eigenvalue weighted by Crippen LogP contribution is 2.53. The summed E-state index contributed by atoms with van der Waals surface area (Å²) in [4.78, 5) is 31.1. The largest absolute Gasteiger partial charge is 0.342 e. The van der Waals surface area contributed by atoms with Gasteiger partial charge in [0.15, 0.2) is 0 Å². The van der Waals surface area contributed by atoms with E-state index in [1.807, 2.05) is 42.3 Å². The van der Waals surface area contributed by atoms with Crippen molar-refractivity contribution in [2.45, 2.75) is 25.7 Å². The molecular formula is C20H24N4O2. The molecule has 6 nitrogen and oxygen atoms in total. The van der Waals surface area contributed by atoms with Gasteiger partial charge in [-0.25, -0.2) is 4.98 Å². The van der Waals surface area contributed by atoms with Crippen LogP contribution in [0.15, 0.2) is 36.5 Å². The van der Waals surface area contributed by atoms with Gasteiger partial charge in [0.1, 0.15) is 11.5 Å². The molecule has 26 heavy (non-hydrogen) atoms. The fraction of sp³-hybridized carbons (Fsp3) is 0.450. The second kappa shape index (κ2) is 6.59. The zero-order chi connectivity index (χ0) is 18.1. The molecule has 1 aliphatic carbocycles. The van der Waals surface area contributed by atoms with Gasteiger partial charge in [0.2, 0.25) is 5.91 Å². The molecule has 4 rings (SSSR count). The first kappa shape index (κ1) is 16.8. The lowest BCUT2D eigenvalue weighted by Gasteiger charge is -2.32. The maximum atomic E-state index is 12.5. The Hall–Kier alpha value is -2.63. The average molecular weight is 352 g/mol. The van der Waals surface area contributed by atoms with Gasteiger partial charge in [0, 0.05) is 25.7 Å². The van der Waals surface area contributed by atoms with Gasteiger partial charge < -0.3 is 14.8 Å². The van der Waals surface area contributed by atoms with E-state index in [4.69, 9.17) is 0 Å². The second-order valence-electron chi connectivity index (χ2n) is 7.46. The van der Waals surface area contributed by atoms with Crippen LogP contribution in [-0.2, 0) is 11.8 Å². The van der Waals surface area contributed by atoms with E-state index in [2.05, 4.69) is 10.3 Å². The Morgan fingerprint density at radius 3 is 2.46 bits per heavy atom. The standard InChI is InChI=1S/C20H24N4O2/c1-23-16(13-21-18(23)15-5-3-2-4-6-15)19(26)22-14-17(25)24-11-9-20(7-8-20)10-12-24/h2-6,13H,7-12,14H2,1H3,(H,22,26). The molecule has 1 aliphatic heterocycles. The second-order valence-corrected chi connectivity index (χ2v) is 7.46. The van der Waals surface area contributed by atoms with Crippen LogP contribution in [0.3, 0.4) is 0 Å². The lowest BCUT2D eigenvalue weighted by atomic mass is 9.94. The van der Waals surface area contributed by atoms with Gasteiger partial charge in [0.05, 0.1) is 12.7 Å². The first-order chi connectivity index (χ1) is 12.6. The molecule has 1 saturated carbocycles. The van der Waals surface area contributed by atoms with Crippen LogP contribution in [-0.4, -0.2) is 45.9 Å². The monoisotopic (exact) mass is 352 g/mol. The summed E-state index contributed by atoms with van der Waals surface area (Å²) < 4.78 is 1.76. The van der Waals surface area contributed by atoms with Crippen LogP contribution in [0.2, 0.25) is 0 Å². The molecule has 0 bridgehead atoms. The third-order valence-corrected chi connectivity index (χ3v) is 5.79. The van der Waals surface area contributed by atoms with E-state index >= 15 is 0 Å². The molecule has 2 amide bonds. The smallest absolute Gasteiger partial charge is 0.269 e. The van der Waals surface area contributed by atoms with Crippen LogP contribution < -0.4 is 5.32 Å². The van der Waals surface area contributed by atoms with Crippen molar-refractivity contribution in [1.29, 1.82) is 0 Å². The summed E-state index contributed by atoms with van der Waals surface area (Å²) in [5.41, 5.74) is 1.95. The molecular weight excluding hydrogens is 328 g/mol. The van der Waals surface area contributed by atoms with Gasteiger partial charge in [-0.3, -0.25) is 9.59 Å². The fourth-order valence-corrected chi connectivity index (χ4v) is 3.74. The molecule has 136 valence electrons. The number of rotatable bonds is 4. The normalized spacial score (nSPS) is 18.0. The Balaban J connectivity index is 1.35. The predicted octanol–water partition coefficient (Wildman–Crippen LogP) is 2.22. The molecule has 1 N–H and O–H groups in total. The highest BCUT2D eigenvalue weighted by molar-refractivity contribution is 5.95. The van der Waals surface area contributed by atoms with Gasteiger partial charge in [-0.15, -0.1) is 0 Å². The maximum absolute atomic E-state index is 12.5. The number of imidazole rings is 1. The van der Waals surface area contributed by atoms with Crippen molar-refractivity contribution >= 4 is 11.8 Å². The molecule has 1 aromatic heterocycles. The number of aromatic nitrogens is 2. The molecule has 0 radical (unpaired) electrons. The van der Waals surface area contributed by atoms with Crippen molar-refractivity contribution in [1.82, 2.24) is 19.8 Å². The molecule has 0 atom stereocenters. The number of carbonyl (C=O) groups excluding carboxylic acids is 2. The first-order valence-corrected chi connectivity index (χ1v) is 9.21. The van der Waals surface area contributed by atoms with Gasteiger partial charge in [-0.2, -0.15) is 0 Å². The van der Waals surface area contributed by atoms with Crippen LogP contribution >= 0.6 is 0 Å². The summed E-state index contributed by atoms with van der Waals surface area (Å²) in [6.07, 6.45) is 6.40. The van der Waals surface area contributed by atoms with Crippen LogP contribution in [0.4, 0.5) is 0 Å². The van der Waals surface area contributed by atoms with E-state index in [0.717, 1.165) is 37.3 Å². The SMILES string of the molecule is Cn1c(C(=O)NCC(=O)N2CCC3(CC2)CC3)cnc1-c1ccccc1. The molecule has 1 aromatic carbocycles. The van der Waals surface area contributed by atoms with Crippen molar-refractivity contribution in [3.8, 4) is 11.4 Å². The summed E-state index contributed by atoms with van der Waals surface area (Å²) >= 11 is 0. The number of carbonyl (C=O) groups is 2. The van der Waals surface area contributed by atoms with Crippen LogP contribution in [0.1, 0.15) is 36.2 Å². The van der Waals surface area contributed by atoms with Gasteiger partial charge in [-0.1, -0.05) is 30.3 Å². The van der Waals surface area contributed by atoms with Crippen molar-refractivity contribution in [3.63, 3.8) is 0 Å². The van der Waals surface area contributed by atoms with E-state index < -0.39 is 0 Å². The minimum absolute atomic E-state index is 0.000647. The molecule has 6 heteroatoms. The number of hydrogen-bond acceptors (Lipinski definition) is 3. The van der Waals surface area contributed by atoms with Crippen molar-refractivity contribution < 1.29 is 9.59 Å². The van der Waals surface area contributed by atoms with Crippen LogP contribution in [0.25, 0.3) is 11.4 Å². The summed E-state index contributed by atoms with van der Waals surface area (Å²) in [5.74, 6) is 0.457. The lowest BCUT2D eigenvalue weighted by molar-refractivity contribution is -0.131. The molecule has 2 heterocycles. The molecule has 1 saturated heterocycles. The summed E-state index contributed by atoms with van der Waals surface area (Å²) in [6.45, 7) is 1.68. The molecule has 1 spiro atoms. The number of likely N-dealkylation sites (tertiary alicyclic amines) is 1. The van der Waals surface area contributed by atoms with Crippen molar-refractivity contribution in [2.24, 2.45) is 12.5 Å². The van der Waals surface area contributed by atoms with E-state index in [1.54, 1.807) is 10.8 Å². The third kappa shape index (κ3) is 3.23. The number of hydrogen-bond donors (Lipinski definition) is 1.